The summed E-state index contributed by atoms with van der Waals surface area (Å²) in [6, 6.07) is 14.6. The molecule has 0 saturated heterocycles. The first-order chi connectivity index (χ1) is 14.6. The normalized spacial score (nSPS) is 12.3. The molecule has 148 valence electrons. The van der Waals surface area contributed by atoms with E-state index in [1.807, 2.05) is 37.3 Å². The topological polar surface area (TPSA) is 110 Å². The van der Waals surface area contributed by atoms with Gasteiger partial charge in [-0.3, -0.25) is 9.59 Å². The van der Waals surface area contributed by atoms with Crippen molar-refractivity contribution in [2.75, 3.05) is 0 Å². The minimum atomic E-state index is -0.316. The van der Waals surface area contributed by atoms with Gasteiger partial charge in [-0.2, -0.15) is 10.2 Å². The molecule has 1 atom stereocenters. The first-order valence-electron chi connectivity index (χ1n) is 9.36. The van der Waals surface area contributed by atoms with E-state index in [4.69, 9.17) is 0 Å². The van der Waals surface area contributed by atoms with Crippen LogP contribution in [0, 0.1) is 0 Å². The van der Waals surface area contributed by atoms with Gasteiger partial charge in [0.25, 0.3) is 11.5 Å². The number of carbonyl (C=O) groups excluding carboxylic acids is 1. The van der Waals surface area contributed by atoms with Gasteiger partial charge in [-0.15, -0.1) is 0 Å². The smallest absolute Gasteiger partial charge is 0.259 e. The number of hydrogen-bond acceptors (Lipinski definition) is 5. The molecule has 1 unspecified atom stereocenters. The standard InChI is InChI=1S/C21H17N7O2/c1-13(14-6-8-15(9-7-14)27-12-22-11-24-27)25-21(30)17-10-23-28-18-5-3-2-4-16(18)20(29)26-19(17)28/h2-13H,1H3,(H,25,30)(H,26,29). The van der Waals surface area contributed by atoms with Crippen molar-refractivity contribution >= 4 is 22.5 Å². The average Bonchev–Trinajstić information content (AvgIpc) is 3.44. The zero-order valence-electron chi connectivity index (χ0n) is 16.0. The van der Waals surface area contributed by atoms with Crippen LogP contribution in [0.2, 0.25) is 0 Å². The van der Waals surface area contributed by atoms with E-state index in [1.165, 1.54) is 12.5 Å². The maximum absolute atomic E-state index is 12.9. The van der Waals surface area contributed by atoms with Gasteiger partial charge in [0.2, 0.25) is 0 Å². The Morgan fingerprint density at radius 2 is 1.90 bits per heavy atom. The summed E-state index contributed by atoms with van der Waals surface area (Å²) in [6.45, 7) is 1.90. The number of carbonyl (C=O) groups is 1. The van der Waals surface area contributed by atoms with Crippen LogP contribution in [0.15, 0.2) is 72.2 Å². The number of aromatic amines is 1. The first kappa shape index (κ1) is 17.8. The summed E-state index contributed by atoms with van der Waals surface area (Å²) in [5, 5.41) is 11.9. The highest BCUT2D eigenvalue weighted by atomic mass is 16.2. The van der Waals surface area contributed by atoms with Crippen molar-refractivity contribution < 1.29 is 4.79 Å². The minimum Gasteiger partial charge on any atom is -0.345 e. The predicted molar refractivity (Wildman–Crippen MR) is 111 cm³/mol. The highest BCUT2D eigenvalue weighted by Gasteiger charge is 2.18. The van der Waals surface area contributed by atoms with Crippen molar-refractivity contribution in [2.24, 2.45) is 0 Å². The lowest BCUT2D eigenvalue weighted by molar-refractivity contribution is 0.0941. The van der Waals surface area contributed by atoms with Crippen LogP contribution in [0.1, 0.15) is 28.9 Å². The lowest BCUT2D eigenvalue weighted by Crippen LogP contribution is -2.27. The highest BCUT2D eigenvalue weighted by Crippen LogP contribution is 2.18. The average molecular weight is 399 g/mol. The summed E-state index contributed by atoms with van der Waals surface area (Å²) in [7, 11) is 0. The Balaban J connectivity index is 1.42. The third-order valence-corrected chi connectivity index (χ3v) is 5.05. The Labute approximate surface area is 170 Å². The summed E-state index contributed by atoms with van der Waals surface area (Å²) in [4.78, 5) is 32.0. The maximum atomic E-state index is 12.9. The van der Waals surface area contributed by atoms with Gasteiger partial charge in [0, 0.05) is 0 Å². The number of aromatic nitrogens is 6. The maximum Gasteiger partial charge on any atom is 0.259 e. The molecular weight excluding hydrogens is 382 g/mol. The molecule has 9 nitrogen and oxygen atoms in total. The molecule has 0 aliphatic heterocycles. The summed E-state index contributed by atoms with van der Waals surface area (Å²) < 4.78 is 3.23. The number of benzene rings is 2. The number of nitrogens with zero attached hydrogens (tertiary/aromatic N) is 5. The van der Waals surface area contributed by atoms with Crippen LogP contribution in [0.3, 0.4) is 0 Å². The number of para-hydroxylation sites is 1. The number of amides is 1. The Morgan fingerprint density at radius 1 is 1.10 bits per heavy atom. The number of hydrogen-bond donors (Lipinski definition) is 2. The number of H-pyrrole nitrogens is 1. The molecule has 5 aromatic rings. The van der Waals surface area contributed by atoms with Crippen LogP contribution in [0.4, 0.5) is 0 Å². The van der Waals surface area contributed by atoms with E-state index < -0.39 is 0 Å². The fraction of sp³-hybridized carbons (Fsp3) is 0.0952. The lowest BCUT2D eigenvalue weighted by Gasteiger charge is -2.14. The van der Waals surface area contributed by atoms with Crippen molar-refractivity contribution in [3.8, 4) is 5.69 Å². The van der Waals surface area contributed by atoms with Crippen LogP contribution < -0.4 is 10.9 Å². The molecule has 0 bridgehead atoms. The SMILES string of the molecule is CC(NC(=O)c1cnn2c1[nH]c(=O)c1ccccc12)c1ccc(-n2cncn2)cc1. The van der Waals surface area contributed by atoms with E-state index in [9.17, 15) is 9.59 Å². The molecule has 30 heavy (non-hydrogen) atoms. The zero-order chi connectivity index (χ0) is 20.7. The van der Waals surface area contributed by atoms with Gasteiger partial charge in [-0.05, 0) is 36.8 Å². The Bertz CT molecular complexity index is 1420. The Morgan fingerprint density at radius 3 is 2.67 bits per heavy atom. The zero-order valence-corrected chi connectivity index (χ0v) is 16.0. The summed E-state index contributed by atoms with van der Waals surface area (Å²) in [5.74, 6) is -0.316. The highest BCUT2D eigenvalue weighted by molar-refractivity contribution is 6.00. The van der Waals surface area contributed by atoms with Gasteiger partial charge in [-0.1, -0.05) is 24.3 Å². The van der Waals surface area contributed by atoms with Crippen LogP contribution in [0.5, 0.6) is 0 Å². The third-order valence-electron chi connectivity index (χ3n) is 5.05. The number of fused-ring (bicyclic) bond motifs is 3. The van der Waals surface area contributed by atoms with E-state index in [0.29, 0.717) is 22.1 Å². The van der Waals surface area contributed by atoms with Crippen LogP contribution in [-0.2, 0) is 0 Å². The van der Waals surface area contributed by atoms with E-state index in [0.717, 1.165) is 11.3 Å². The molecule has 2 N–H and O–H groups in total. The van der Waals surface area contributed by atoms with Crippen molar-refractivity contribution in [1.82, 2.24) is 34.7 Å². The molecule has 0 radical (unpaired) electrons. The van der Waals surface area contributed by atoms with Gasteiger partial charge in [0.1, 0.15) is 23.9 Å². The first-order valence-corrected chi connectivity index (χ1v) is 9.36. The summed E-state index contributed by atoms with van der Waals surface area (Å²) in [5.41, 5.74) is 2.87. The van der Waals surface area contributed by atoms with Crippen molar-refractivity contribution in [3.63, 3.8) is 0 Å². The van der Waals surface area contributed by atoms with Gasteiger partial charge in [0.15, 0.2) is 0 Å². The molecule has 1 amide bonds. The van der Waals surface area contributed by atoms with Gasteiger partial charge in [0.05, 0.1) is 28.8 Å². The molecule has 0 aliphatic rings. The van der Waals surface area contributed by atoms with Gasteiger partial charge in [-0.25, -0.2) is 14.2 Å². The molecule has 5 rings (SSSR count). The van der Waals surface area contributed by atoms with Crippen molar-refractivity contribution in [3.05, 3.63) is 88.9 Å². The monoisotopic (exact) mass is 399 g/mol. The molecule has 0 saturated carbocycles. The molecule has 0 spiro atoms. The van der Waals surface area contributed by atoms with Crippen molar-refractivity contribution in [1.29, 1.82) is 0 Å². The second-order valence-corrected chi connectivity index (χ2v) is 6.92. The molecule has 3 heterocycles. The van der Waals surface area contributed by atoms with E-state index >= 15 is 0 Å². The molecule has 0 fully saturated rings. The van der Waals surface area contributed by atoms with Gasteiger partial charge >= 0.3 is 0 Å². The minimum absolute atomic E-state index is 0.246. The fourth-order valence-electron chi connectivity index (χ4n) is 3.46. The van der Waals surface area contributed by atoms with Crippen LogP contribution in [-0.4, -0.2) is 35.3 Å². The van der Waals surface area contributed by atoms with Gasteiger partial charge < -0.3 is 10.3 Å². The summed E-state index contributed by atoms with van der Waals surface area (Å²) in [6.07, 6.45) is 4.56. The number of nitrogens with one attached hydrogen (secondary N) is 2. The second-order valence-electron chi connectivity index (χ2n) is 6.92. The van der Waals surface area contributed by atoms with Crippen LogP contribution >= 0.6 is 0 Å². The Kier molecular flexibility index (Phi) is 4.13. The van der Waals surface area contributed by atoms with Crippen molar-refractivity contribution in [2.45, 2.75) is 13.0 Å². The lowest BCUT2D eigenvalue weighted by atomic mass is 10.1. The molecule has 0 aliphatic carbocycles. The molecular formula is C21H17N7O2. The predicted octanol–water partition coefficient (Wildman–Crippen LogP) is 2.25. The molecule has 3 aromatic heterocycles. The quantitative estimate of drug-likeness (QED) is 0.482. The number of rotatable bonds is 4. The van der Waals surface area contributed by atoms with E-state index in [1.54, 1.807) is 33.7 Å². The molecule has 2 aromatic carbocycles. The molecule has 9 heteroatoms. The van der Waals surface area contributed by atoms with E-state index in [-0.39, 0.29) is 17.5 Å². The summed E-state index contributed by atoms with van der Waals surface area (Å²) >= 11 is 0. The fourth-order valence-corrected chi connectivity index (χ4v) is 3.46. The van der Waals surface area contributed by atoms with Crippen LogP contribution in [0.25, 0.3) is 22.2 Å². The third kappa shape index (κ3) is 2.93. The second kappa shape index (κ2) is 6.96. The largest absolute Gasteiger partial charge is 0.345 e. The Hall–Kier alpha value is -4.27. The van der Waals surface area contributed by atoms with E-state index in [2.05, 4.69) is 25.5 Å².